The summed E-state index contributed by atoms with van der Waals surface area (Å²) in [4.78, 5) is 5.24. The van der Waals surface area contributed by atoms with Crippen molar-refractivity contribution in [3.8, 4) is 5.75 Å². The van der Waals surface area contributed by atoms with Crippen molar-refractivity contribution in [1.29, 1.82) is 0 Å². The first-order valence-corrected chi connectivity index (χ1v) is 7.06. The number of ether oxygens (including phenoxy) is 1. The number of anilines is 1. The molecule has 0 aliphatic rings. The van der Waals surface area contributed by atoms with Crippen LogP contribution in [0.25, 0.3) is 0 Å². The Labute approximate surface area is 117 Å². The fraction of sp³-hybridized carbons (Fsp3) is 0.357. The van der Waals surface area contributed by atoms with E-state index >= 15 is 0 Å². The van der Waals surface area contributed by atoms with Crippen molar-refractivity contribution in [1.82, 2.24) is 4.98 Å². The Morgan fingerprint density at radius 2 is 2.16 bits per heavy atom. The fourth-order valence-corrected chi connectivity index (χ4v) is 2.43. The first-order valence-electron chi connectivity index (χ1n) is 6.25. The van der Waals surface area contributed by atoms with E-state index in [1.54, 1.807) is 0 Å². The Morgan fingerprint density at radius 1 is 1.37 bits per heavy atom. The molecule has 102 valence electrons. The van der Waals surface area contributed by atoms with Crippen molar-refractivity contribution in [3.63, 3.8) is 0 Å². The molecule has 5 heteroatoms. The minimum Gasteiger partial charge on any atom is -0.491 e. The minimum atomic E-state index is 0.606. The van der Waals surface area contributed by atoms with E-state index in [4.69, 9.17) is 14.9 Å². The molecule has 0 amide bonds. The summed E-state index contributed by atoms with van der Waals surface area (Å²) in [6.45, 7) is 6.55. The number of benzene rings is 1. The Hall–Kier alpha value is -1.62. The minimum absolute atomic E-state index is 0.606. The highest BCUT2D eigenvalue weighted by atomic mass is 32.2. The number of rotatable bonds is 5. The van der Waals surface area contributed by atoms with Crippen LogP contribution in [0, 0.1) is 13.8 Å². The molecule has 2 aromatic rings. The van der Waals surface area contributed by atoms with E-state index in [-0.39, 0.29) is 0 Å². The van der Waals surface area contributed by atoms with Gasteiger partial charge in [-0.1, -0.05) is 13.0 Å². The summed E-state index contributed by atoms with van der Waals surface area (Å²) in [5.74, 6) is 1.55. The van der Waals surface area contributed by atoms with Crippen LogP contribution < -0.4 is 10.5 Å². The second kappa shape index (κ2) is 6.02. The Kier molecular flexibility index (Phi) is 4.37. The maximum Gasteiger partial charge on any atom is 0.261 e. The number of oxazole rings is 1. The lowest BCUT2D eigenvalue weighted by Crippen LogP contribution is -1.99. The van der Waals surface area contributed by atoms with Crippen molar-refractivity contribution < 1.29 is 9.15 Å². The molecule has 1 aromatic carbocycles. The Morgan fingerprint density at radius 3 is 2.79 bits per heavy atom. The topological polar surface area (TPSA) is 61.3 Å². The van der Waals surface area contributed by atoms with Gasteiger partial charge in [0.2, 0.25) is 0 Å². The summed E-state index contributed by atoms with van der Waals surface area (Å²) in [5.41, 5.74) is 7.64. The third-order valence-corrected chi connectivity index (χ3v) is 3.62. The van der Waals surface area contributed by atoms with Crippen LogP contribution in [0.4, 0.5) is 5.69 Å². The van der Waals surface area contributed by atoms with Crippen molar-refractivity contribution in [2.45, 2.75) is 37.3 Å². The van der Waals surface area contributed by atoms with Gasteiger partial charge in [0.1, 0.15) is 11.5 Å². The number of nitrogen functional groups attached to an aromatic ring is 1. The summed E-state index contributed by atoms with van der Waals surface area (Å²) in [6.07, 6.45) is 0.953. The highest BCUT2D eigenvalue weighted by molar-refractivity contribution is 7.99. The summed E-state index contributed by atoms with van der Waals surface area (Å²) in [5, 5.41) is 0.606. The van der Waals surface area contributed by atoms with Crippen LogP contribution in [0.3, 0.4) is 0 Å². The van der Waals surface area contributed by atoms with Gasteiger partial charge >= 0.3 is 0 Å². The van der Waals surface area contributed by atoms with E-state index in [9.17, 15) is 0 Å². The number of aryl methyl sites for hydroxylation is 2. The molecule has 0 bridgehead atoms. The second-order valence-electron chi connectivity index (χ2n) is 4.24. The molecule has 1 aromatic heterocycles. The third kappa shape index (κ3) is 3.23. The van der Waals surface area contributed by atoms with Crippen LogP contribution in [-0.4, -0.2) is 11.6 Å². The molecule has 1 heterocycles. The quantitative estimate of drug-likeness (QED) is 0.843. The number of nitrogens with two attached hydrogens (primary N) is 1. The predicted molar refractivity (Wildman–Crippen MR) is 76.7 cm³/mol. The number of hydrogen-bond acceptors (Lipinski definition) is 5. The summed E-state index contributed by atoms with van der Waals surface area (Å²) in [7, 11) is 0. The Balaban J connectivity index is 2.20. The van der Waals surface area contributed by atoms with Crippen molar-refractivity contribution in [3.05, 3.63) is 29.7 Å². The predicted octanol–water partition coefficient (Wildman–Crippen LogP) is 3.81. The van der Waals surface area contributed by atoms with Gasteiger partial charge in [-0.2, -0.15) is 0 Å². The van der Waals surface area contributed by atoms with Crippen molar-refractivity contribution in [2.75, 3.05) is 12.3 Å². The maximum absolute atomic E-state index is 6.10. The molecular weight excluding hydrogens is 260 g/mol. The van der Waals surface area contributed by atoms with Gasteiger partial charge in [-0.15, -0.1) is 0 Å². The number of para-hydroxylation sites is 1. The fourth-order valence-electron chi connectivity index (χ4n) is 1.53. The smallest absolute Gasteiger partial charge is 0.261 e. The molecule has 0 saturated carbocycles. The maximum atomic E-state index is 6.10. The van der Waals surface area contributed by atoms with Gasteiger partial charge in [0.25, 0.3) is 5.22 Å². The molecule has 0 saturated heterocycles. The highest BCUT2D eigenvalue weighted by Crippen LogP contribution is 2.37. The first kappa shape index (κ1) is 13.8. The highest BCUT2D eigenvalue weighted by Gasteiger charge is 2.12. The molecule has 2 rings (SSSR count). The standard InChI is InChI=1S/C14H18N2O2S/c1-4-8-17-11-6-5-7-12(13(11)15)19-14-16-9(2)10(3)18-14/h5-7H,4,8,15H2,1-3H3. The van der Waals surface area contributed by atoms with Crippen LogP contribution in [-0.2, 0) is 0 Å². The van der Waals surface area contributed by atoms with Crippen LogP contribution in [0.2, 0.25) is 0 Å². The number of hydrogen-bond donors (Lipinski definition) is 1. The monoisotopic (exact) mass is 278 g/mol. The zero-order chi connectivity index (χ0) is 13.8. The second-order valence-corrected chi connectivity index (χ2v) is 5.23. The zero-order valence-corrected chi connectivity index (χ0v) is 12.2. The van der Waals surface area contributed by atoms with Gasteiger partial charge in [-0.3, -0.25) is 0 Å². The molecule has 0 spiro atoms. The van der Waals surface area contributed by atoms with Crippen LogP contribution in [0.5, 0.6) is 5.75 Å². The molecule has 0 aliphatic heterocycles. The largest absolute Gasteiger partial charge is 0.491 e. The van der Waals surface area contributed by atoms with E-state index in [0.717, 1.165) is 22.8 Å². The lowest BCUT2D eigenvalue weighted by molar-refractivity contribution is 0.318. The van der Waals surface area contributed by atoms with Gasteiger partial charge in [0.15, 0.2) is 0 Å². The van der Waals surface area contributed by atoms with Gasteiger partial charge < -0.3 is 14.9 Å². The number of nitrogens with zero attached hydrogens (tertiary/aromatic N) is 1. The first-order chi connectivity index (χ1) is 9.11. The van der Waals surface area contributed by atoms with Crippen LogP contribution >= 0.6 is 11.8 Å². The van der Waals surface area contributed by atoms with Crippen molar-refractivity contribution >= 4 is 17.4 Å². The lowest BCUT2D eigenvalue weighted by Gasteiger charge is -2.10. The van der Waals surface area contributed by atoms with Gasteiger partial charge in [0.05, 0.1) is 18.0 Å². The van der Waals surface area contributed by atoms with Gasteiger partial charge in [0, 0.05) is 4.90 Å². The summed E-state index contributed by atoms with van der Waals surface area (Å²) < 4.78 is 11.2. The molecule has 0 atom stereocenters. The molecule has 0 unspecified atom stereocenters. The number of aromatic nitrogens is 1. The van der Waals surface area contributed by atoms with Gasteiger partial charge in [-0.25, -0.2) is 4.98 Å². The normalized spacial score (nSPS) is 10.7. The Bertz CT molecular complexity index is 547. The van der Waals surface area contributed by atoms with E-state index in [0.29, 0.717) is 23.3 Å². The molecular formula is C14H18N2O2S. The molecule has 0 fully saturated rings. The van der Waals surface area contributed by atoms with E-state index < -0.39 is 0 Å². The van der Waals surface area contributed by atoms with Crippen LogP contribution in [0.1, 0.15) is 24.8 Å². The molecule has 2 N–H and O–H groups in total. The van der Waals surface area contributed by atoms with Crippen LogP contribution in [0.15, 0.2) is 32.7 Å². The van der Waals surface area contributed by atoms with E-state index in [1.807, 2.05) is 32.0 Å². The average molecular weight is 278 g/mol. The SMILES string of the molecule is CCCOc1cccc(Sc2nc(C)c(C)o2)c1N. The zero-order valence-electron chi connectivity index (χ0n) is 11.4. The summed E-state index contributed by atoms with van der Waals surface area (Å²) in [6, 6.07) is 5.74. The molecule has 19 heavy (non-hydrogen) atoms. The third-order valence-electron chi connectivity index (χ3n) is 2.69. The average Bonchev–Trinajstić information content (AvgIpc) is 2.69. The van der Waals surface area contributed by atoms with Gasteiger partial charge in [-0.05, 0) is 44.2 Å². The molecule has 0 aliphatic carbocycles. The molecule has 4 nitrogen and oxygen atoms in total. The van der Waals surface area contributed by atoms with Crippen molar-refractivity contribution in [2.24, 2.45) is 0 Å². The molecule has 0 radical (unpaired) electrons. The lowest BCUT2D eigenvalue weighted by atomic mass is 10.3. The van der Waals surface area contributed by atoms with E-state index in [1.165, 1.54) is 11.8 Å². The summed E-state index contributed by atoms with van der Waals surface area (Å²) >= 11 is 1.41. The van der Waals surface area contributed by atoms with E-state index in [2.05, 4.69) is 11.9 Å².